The Morgan fingerprint density at radius 2 is 2.00 bits per heavy atom. The molecule has 0 saturated heterocycles. The van der Waals surface area contributed by atoms with E-state index in [4.69, 9.17) is 0 Å². The predicted octanol–water partition coefficient (Wildman–Crippen LogP) is 1.80. The third-order valence-electron chi connectivity index (χ3n) is 1.88. The molecule has 2 rings (SSSR count). The number of hydrogen-bond donors (Lipinski definition) is 0. The zero-order chi connectivity index (χ0) is 8.55. The highest BCUT2D eigenvalue weighted by molar-refractivity contribution is 5.80. The van der Waals surface area contributed by atoms with Crippen molar-refractivity contribution in [3.05, 3.63) is 42.5 Å². The molecule has 0 bridgehead atoms. The number of halogens is 1. The van der Waals surface area contributed by atoms with E-state index < -0.39 is 0 Å². The van der Waals surface area contributed by atoms with Crippen LogP contribution >= 0.6 is 0 Å². The van der Waals surface area contributed by atoms with Gasteiger partial charge in [0.1, 0.15) is 12.9 Å². The molecule has 0 unspecified atom stereocenters. The van der Waals surface area contributed by atoms with Crippen LogP contribution in [-0.4, -0.2) is 0 Å². The lowest BCUT2D eigenvalue weighted by atomic mass is 10.2. The Morgan fingerprint density at radius 1 is 1.17 bits per heavy atom. The lowest BCUT2D eigenvalue weighted by molar-refractivity contribution is -0.670. The van der Waals surface area contributed by atoms with Crippen molar-refractivity contribution in [1.82, 2.24) is 0 Å². The normalized spacial score (nSPS) is 10.5. The lowest BCUT2D eigenvalue weighted by Gasteiger charge is -1.94. The predicted molar refractivity (Wildman–Crippen MR) is 45.1 cm³/mol. The van der Waals surface area contributed by atoms with Crippen LogP contribution in [0.1, 0.15) is 0 Å². The number of rotatable bonds is 0. The van der Waals surface area contributed by atoms with Crippen LogP contribution in [0.15, 0.2) is 36.7 Å². The molecule has 0 amide bonds. The van der Waals surface area contributed by atoms with E-state index in [0.29, 0.717) is 0 Å². The molecule has 1 aromatic carbocycles. The number of aryl methyl sites for hydroxylation is 1. The summed E-state index contributed by atoms with van der Waals surface area (Å²) in [6.07, 6.45) is 3.87. The summed E-state index contributed by atoms with van der Waals surface area (Å²) in [6.45, 7) is 0. The summed E-state index contributed by atoms with van der Waals surface area (Å²) < 4.78 is 14.7. The largest absolute Gasteiger partial charge is 0.207 e. The molecule has 60 valence electrons. The van der Waals surface area contributed by atoms with E-state index >= 15 is 0 Å². The average Bonchev–Trinajstić information content (AvgIpc) is 2.05. The van der Waals surface area contributed by atoms with Gasteiger partial charge in [0.05, 0.1) is 0 Å². The maximum Gasteiger partial charge on any atom is 0.176 e. The number of hydrogen-bond acceptors (Lipinski definition) is 0. The molecule has 2 aromatic rings. The molecule has 0 fully saturated rings. The quantitative estimate of drug-likeness (QED) is 0.520. The minimum Gasteiger partial charge on any atom is -0.207 e. The maximum absolute atomic E-state index is 12.7. The first-order chi connectivity index (χ1) is 5.75. The smallest absolute Gasteiger partial charge is 0.176 e. The van der Waals surface area contributed by atoms with Crippen molar-refractivity contribution in [3.63, 3.8) is 0 Å². The summed E-state index contributed by atoms with van der Waals surface area (Å²) in [5.41, 5.74) is 0. The van der Waals surface area contributed by atoms with Crippen LogP contribution in [0.4, 0.5) is 4.39 Å². The first kappa shape index (κ1) is 7.22. The molecule has 1 heterocycles. The van der Waals surface area contributed by atoms with Gasteiger partial charge in [-0.05, 0) is 23.6 Å². The third kappa shape index (κ3) is 1.16. The third-order valence-corrected chi connectivity index (χ3v) is 1.88. The zero-order valence-electron chi connectivity index (χ0n) is 6.79. The first-order valence-electron chi connectivity index (χ1n) is 3.80. The zero-order valence-corrected chi connectivity index (χ0v) is 6.79. The lowest BCUT2D eigenvalue weighted by Crippen LogP contribution is -2.25. The van der Waals surface area contributed by atoms with Crippen molar-refractivity contribution < 1.29 is 8.96 Å². The Kier molecular flexibility index (Phi) is 1.54. The molecule has 0 aliphatic carbocycles. The highest BCUT2D eigenvalue weighted by atomic mass is 19.1. The average molecular weight is 162 g/mol. The van der Waals surface area contributed by atoms with Crippen molar-refractivity contribution in [1.29, 1.82) is 0 Å². The second-order valence-corrected chi connectivity index (χ2v) is 2.88. The molecule has 0 aliphatic rings. The van der Waals surface area contributed by atoms with Crippen LogP contribution < -0.4 is 4.57 Å². The van der Waals surface area contributed by atoms with Gasteiger partial charge in [0.25, 0.3) is 0 Å². The summed E-state index contributed by atoms with van der Waals surface area (Å²) in [4.78, 5) is 0. The number of benzene rings is 1. The summed E-state index contributed by atoms with van der Waals surface area (Å²) in [7, 11) is 1.95. The van der Waals surface area contributed by atoms with Crippen LogP contribution in [0.3, 0.4) is 0 Å². The number of aromatic nitrogens is 1. The van der Waals surface area contributed by atoms with E-state index in [1.807, 2.05) is 30.1 Å². The van der Waals surface area contributed by atoms with E-state index in [2.05, 4.69) is 0 Å². The molecular formula is C10H9FN+. The highest BCUT2D eigenvalue weighted by Gasteiger charge is 1.98. The fraction of sp³-hybridized carbons (Fsp3) is 0.100. The van der Waals surface area contributed by atoms with Crippen LogP contribution in [0, 0.1) is 5.82 Å². The molecule has 0 radical (unpaired) electrons. The molecule has 0 N–H and O–H groups in total. The fourth-order valence-corrected chi connectivity index (χ4v) is 1.27. The molecule has 0 atom stereocenters. The van der Waals surface area contributed by atoms with Gasteiger partial charge in [0.15, 0.2) is 12.4 Å². The van der Waals surface area contributed by atoms with Crippen molar-refractivity contribution in [3.8, 4) is 0 Å². The summed E-state index contributed by atoms with van der Waals surface area (Å²) in [5, 5.41) is 1.99. The van der Waals surface area contributed by atoms with Crippen LogP contribution in [-0.2, 0) is 7.05 Å². The Bertz CT molecular complexity index is 382. The van der Waals surface area contributed by atoms with Gasteiger partial charge in [0, 0.05) is 11.5 Å². The summed E-state index contributed by atoms with van der Waals surface area (Å²) >= 11 is 0. The molecule has 0 spiro atoms. The Hall–Kier alpha value is -1.44. The van der Waals surface area contributed by atoms with Gasteiger partial charge in [-0.25, -0.2) is 8.96 Å². The summed E-state index contributed by atoms with van der Waals surface area (Å²) in [6, 6.07) is 6.70. The monoisotopic (exact) mass is 162 g/mol. The van der Waals surface area contributed by atoms with Gasteiger partial charge in [-0.2, -0.15) is 0 Å². The Labute approximate surface area is 70.1 Å². The molecular weight excluding hydrogens is 153 g/mol. The SMILES string of the molecule is C[n+]1ccc2cc(F)ccc2c1. The van der Waals surface area contributed by atoms with Crippen LogP contribution in [0.2, 0.25) is 0 Å². The molecule has 2 heteroatoms. The summed E-state index contributed by atoms with van der Waals surface area (Å²) in [5.74, 6) is -0.184. The second-order valence-electron chi connectivity index (χ2n) is 2.88. The van der Waals surface area contributed by atoms with Gasteiger partial charge in [-0.1, -0.05) is 0 Å². The molecule has 1 aromatic heterocycles. The van der Waals surface area contributed by atoms with E-state index in [0.717, 1.165) is 10.8 Å². The standard InChI is InChI=1S/C10H9FN/c1-12-5-4-8-6-10(11)3-2-9(8)7-12/h2-7H,1H3/q+1. The van der Waals surface area contributed by atoms with Gasteiger partial charge in [-0.15, -0.1) is 0 Å². The first-order valence-corrected chi connectivity index (χ1v) is 3.80. The van der Waals surface area contributed by atoms with E-state index in [-0.39, 0.29) is 5.82 Å². The van der Waals surface area contributed by atoms with Gasteiger partial charge >= 0.3 is 0 Å². The van der Waals surface area contributed by atoms with Crippen LogP contribution in [0.5, 0.6) is 0 Å². The van der Waals surface area contributed by atoms with Gasteiger partial charge in [-0.3, -0.25) is 0 Å². The highest BCUT2D eigenvalue weighted by Crippen LogP contribution is 2.12. The van der Waals surface area contributed by atoms with Crippen molar-refractivity contribution in [2.75, 3.05) is 0 Å². The van der Waals surface area contributed by atoms with Gasteiger partial charge in [0.2, 0.25) is 0 Å². The van der Waals surface area contributed by atoms with Gasteiger partial charge < -0.3 is 0 Å². The minimum absolute atomic E-state index is 0.184. The van der Waals surface area contributed by atoms with E-state index in [9.17, 15) is 4.39 Å². The number of nitrogens with zero attached hydrogens (tertiary/aromatic N) is 1. The van der Waals surface area contributed by atoms with E-state index in [1.54, 1.807) is 6.07 Å². The van der Waals surface area contributed by atoms with E-state index in [1.165, 1.54) is 12.1 Å². The fourth-order valence-electron chi connectivity index (χ4n) is 1.27. The van der Waals surface area contributed by atoms with Crippen molar-refractivity contribution in [2.24, 2.45) is 7.05 Å². The van der Waals surface area contributed by atoms with Crippen LogP contribution in [0.25, 0.3) is 10.8 Å². The number of fused-ring (bicyclic) bond motifs is 1. The van der Waals surface area contributed by atoms with Crippen molar-refractivity contribution in [2.45, 2.75) is 0 Å². The Balaban J connectivity index is 2.79. The molecule has 12 heavy (non-hydrogen) atoms. The minimum atomic E-state index is -0.184. The molecule has 0 saturated carbocycles. The topological polar surface area (TPSA) is 3.88 Å². The number of pyridine rings is 1. The molecule has 1 nitrogen and oxygen atoms in total. The van der Waals surface area contributed by atoms with Crippen molar-refractivity contribution >= 4 is 10.8 Å². The second kappa shape index (κ2) is 2.55. The maximum atomic E-state index is 12.7. The Morgan fingerprint density at radius 3 is 2.83 bits per heavy atom. The molecule has 0 aliphatic heterocycles.